The number of hydrogen-bond acceptors (Lipinski definition) is 4. The Labute approximate surface area is 256 Å². The monoisotopic (exact) mass is 581 g/mol. The number of esters is 2. The lowest BCUT2D eigenvalue weighted by atomic mass is 9.74. The van der Waals surface area contributed by atoms with E-state index in [-0.39, 0.29) is 17.9 Å². The summed E-state index contributed by atoms with van der Waals surface area (Å²) in [5.74, 6) is 1.34. The summed E-state index contributed by atoms with van der Waals surface area (Å²) in [4.78, 5) is 24.7. The molecule has 4 nitrogen and oxygen atoms in total. The largest absolute Gasteiger partial charge is 0.466 e. The van der Waals surface area contributed by atoms with Crippen molar-refractivity contribution in [2.45, 2.75) is 189 Å². The molecule has 0 amide bonds. The lowest BCUT2D eigenvalue weighted by Crippen LogP contribution is -2.33. The Morgan fingerprint density at radius 2 is 0.902 bits per heavy atom. The SMILES string of the molecule is CCCCCCOC(=O)CCCCCCCCCCCCCCCC(C(C)C)C(C(=O)OCCCCCC)C(C)C. The molecule has 4 heteroatoms. The Morgan fingerprint density at radius 1 is 0.488 bits per heavy atom. The molecule has 0 heterocycles. The van der Waals surface area contributed by atoms with Gasteiger partial charge in [-0.3, -0.25) is 9.59 Å². The van der Waals surface area contributed by atoms with E-state index in [1.54, 1.807) is 0 Å². The highest BCUT2D eigenvalue weighted by Crippen LogP contribution is 2.33. The second-order valence-electron chi connectivity index (χ2n) is 13.3. The zero-order valence-electron chi connectivity index (χ0n) is 28.6. The van der Waals surface area contributed by atoms with Crippen LogP contribution in [-0.2, 0) is 19.1 Å². The Bertz CT molecular complexity index is 585. The summed E-state index contributed by atoms with van der Waals surface area (Å²) < 4.78 is 11.1. The highest BCUT2D eigenvalue weighted by Gasteiger charge is 2.33. The molecule has 0 radical (unpaired) electrons. The van der Waals surface area contributed by atoms with Gasteiger partial charge in [-0.05, 0) is 43.4 Å². The molecular formula is C37H72O4. The number of carbonyl (C=O) groups excluding carboxylic acids is 2. The molecule has 0 aliphatic heterocycles. The molecule has 0 saturated carbocycles. The highest BCUT2D eigenvalue weighted by molar-refractivity contribution is 5.73. The Hall–Kier alpha value is -1.06. The summed E-state index contributed by atoms with van der Waals surface area (Å²) in [5.41, 5.74) is 0. The van der Waals surface area contributed by atoms with Gasteiger partial charge in [-0.25, -0.2) is 0 Å². The number of hydrogen-bond donors (Lipinski definition) is 0. The fraction of sp³-hybridized carbons (Fsp3) is 0.946. The van der Waals surface area contributed by atoms with Gasteiger partial charge in [-0.1, -0.05) is 157 Å². The van der Waals surface area contributed by atoms with Crippen molar-refractivity contribution in [3.05, 3.63) is 0 Å². The third-order valence-electron chi connectivity index (χ3n) is 8.73. The van der Waals surface area contributed by atoms with E-state index >= 15 is 0 Å². The van der Waals surface area contributed by atoms with Gasteiger partial charge in [0.2, 0.25) is 0 Å². The van der Waals surface area contributed by atoms with Crippen LogP contribution in [0.5, 0.6) is 0 Å². The van der Waals surface area contributed by atoms with Gasteiger partial charge in [0.15, 0.2) is 0 Å². The average molecular weight is 581 g/mol. The molecule has 0 aromatic heterocycles. The van der Waals surface area contributed by atoms with Gasteiger partial charge in [-0.2, -0.15) is 0 Å². The van der Waals surface area contributed by atoms with E-state index in [2.05, 4.69) is 41.5 Å². The molecule has 0 fully saturated rings. The lowest BCUT2D eigenvalue weighted by molar-refractivity contribution is -0.153. The van der Waals surface area contributed by atoms with Gasteiger partial charge < -0.3 is 9.47 Å². The van der Waals surface area contributed by atoms with Crippen molar-refractivity contribution < 1.29 is 19.1 Å². The first-order chi connectivity index (χ1) is 19.8. The molecule has 0 aromatic rings. The molecule has 0 aliphatic carbocycles. The van der Waals surface area contributed by atoms with Crippen LogP contribution in [0.15, 0.2) is 0 Å². The zero-order chi connectivity index (χ0) is 30.6. The molecule has 244 valence electrons. The molecule has 2 unspecified atom stereocenters. The third-order valence-corrected chi connectivity index (χ3v) is 8.73. The molecule has 2 atom stereocenters. The van der Waals surface area contributed by atoms with Crippen LogP contribution < -0.4 is 0 Å². The number of unbranched alkanes of at least 4 members (excludes halogenated alkanes) is 18. The Balaban J connectivity index is 3.78. The second kappa shape index (κ2) is 29.0. The van der Waals surface area contributed by atoms with Crippen LogP contribution in [0.25, 0.3) is 0 Å². The predicted molar refractivity (Wildman–Crippen MR) is 176 cm³/mol. The van der Waals surface area contributed by atoms with Crippen molar-refractivity contribution in [1.82, 2.24) is 0 Å². The fourth-order valence-electron chi connectivity index (χ4n) is 6.05. The van der Waals surface area contributed by atoms with Crippen LogP contribution in [0.4, 0.5) is 0 Å². The van der Waals surface area contributed by atoms with Gasteiger partial charge in [0.25, 0.3) is 0 Å². The van der Waals surface area contributed by atoms with Crippen LogP contribution in [0, 0.1) is 23.7 Å². The number of carbonyl (C=O) groups is 2. The molecule has 0 spiro atoms. The van der Waals surface area contributed by atoms with E-state index in [0.717, 1.165) is 38.5 Å². The molecule has 0 aromatic carbocycles. The maximum absolute atomic E-state index is 13.0. The van der Waals surface area contributed by atoms with Crippen molar-refractivity contribution in [2.24, 2.45) is 23.7 Å². The van der Waals surface area contributed by atoms with Crippen molar-refractivity contribution in [3.63, 3.8) is 0 Å². The van der Waals surface area contributed by atoms with E-state index in [4.69, 9.17) is 9.47 Å². The first kappa shape index (κ1) is 39.9. The zero-order valence-corrected chi connectivity index (χ0v) is 28.6. The van der Waals surface area contributed by atoms with Crippen molar-refractivity contribution in [3.8, 4) is 0 Å². The maximum atomic E-state index is 13.0. The predicted octanol–water partition coefficient (Wildman–Crippen LogP) is 11.6. The van der Waals surface area contributed by atoms with Crippen LogP contribution in [0.1, 0.15) is 189 Å². The van der Waals surface area contributed by atoms with Crippen molar-refractivity contribution >= 4 is 11.9 Å². The van der Waals surface area contributed by atoms with Gasteiger partial charge in [0.05, 0.1) is 19.1 Å². The van der Waals surface area contributed by atoms with Crippen LogP contribution in [-0.4, -0.2) is 25.2 Å². The van der Waals surface area contributed by atoms with Crippen LogP contribution in [0.2, 0.25) is 0 Å². The van der Waals surface area contributed by atoms with Crippen molar-refractivity contribution in [1.29, 1.82) is 0 Å². The summed E-state index contributed by atoms with van der Waals surface area (Å²) in [6.45, 7) is 14.5. The van der Waals surface area contributed by atoms with E-state index in [1.165, 1.54) is 103 Å². The van der Waals surface area contributed by atoms with Crippen molar-refractivity contribution in [2.75, 3.05) is 13.2 Å². The molecular weight excluding hydrogens is 508 g/mol. The maximum Gasteiger partial charge on any atom is 0.309 e. The topological polar surface area (TPSA) is 52.6 Å². The lowest BCUT2D eigenvalue weighted by Gasteiger charge is -2.31. The Morgan fingerprint density at radius 3 is 1.34 bits per heavy atom. The number of rotatable bonds is 30. The minimum absolute atomic E-state index is 0.00538. The Kier molecular flexibility index (Phi) is 28.3. The fourth-order valence-corrected chi connectivity index (χ4v) is 6.05. The number of ether oxygens (including phenoxy) is 2. The second-order valence-corrected chi connectivity index (χ2v) is 13.3. The van der Waals surface area contributed by atoms with Crippen LogP contribution >= 0.6 is 0 Å². The highest BCUT2D eigenvalue weighted by atomic mass is 16.5. The summed E-state index contributed by atoms with van der Waals surface area (Å²) in [7, 11) is 0. The quantitative estimate of drug-likeness (QED) is 0.0626. The van der Waals surface area contributed by atoms with Gasteiger partial charge in [-0.15, -0.1) is 0 Å². The summed E-state index contributed by atoms with van der Waals surface area (Å²) in [6.07, 6.45) is 27.5. The first-order valence-electron chi connectivity index (χ1n) is 18.2. The molecule has 41 heavy (non-hydrogen) atoms. The standard InChI is InChI=1S/C37H72O4/c1-7-9-11-26-30-40-35(38)29-25-23-21-19-17-15-13-14-16-18-20-22-24-28-34(32(3)4)36(33(5)6)37(39)41-31-27-12-10-8-2/h32-34,36H,7-31H2,1-6H3. The smallest absolute Gasteiger partial charge is 0.309 e. The average Bonchev–Trinajstić information content (AvgIpc) is 2.93. The molecule has 0 rings (SSSR count). The van der Waals surface area contributed by atoms with E-state index in [9.17, 15) is 9.59 Å². The minimum Gasteiger partial charge on any atom is -0.466 e. The van der Waals surface area contributed by atoms with Crippen LogP contribution in [0.3, 0.4) is 0 Å². The summed E-state index contributed by atoms with van der Waals surface area (Å²) in [5, 5.41) is 0. The normalized spacial score (nSPS) is 13.1. The van der Waals surface area contributed by atoms with E-state index < -0.39 is 0 Å². The van der Waals surface area contributed by atoms with Gasteiger partial charge in [0, 0.05) is 6.42 Å². The van der Waals surface area contributed by atoms with E-state index in [0.29, 0.717) is 37.4 Å². The minimum atomic E-state index is -0.00538. The molecule has 0 N–H and O–H groups in total. The first-order valence-corrected chi connectivity index (χ1v) is 18.2. The molecule has 0 bridgehead atoms. The van der Waals surface area contributed by atoms with E-state index in [1.807, 2.05) is 0 Å². The molecule has 0 saturated heterocycles. The summed E-state index contributed by atoms with van der Waals surface area (Å²) >= 11 is 0. The molecule has 0 aliphatic rings. The van der Waals surface area contributed by atoms with Gasteiger partial charge >= 0.3 is 11.9 Å². The van der Waals surface area contributed by atoms with Gasteiger partial charge in [0.1, 0.15) is 0 Å². The summed E-state index contributed by atoms with van der Waals surface area (Å²) in [6, 6.07) is 0. The third kappa shape index (κ3) is 24.1.